The number of hydrogen-bond donors (Lipinski definition) is 0. The van der Waals surface area contributed by atoms with E-state index in [1.807, 2.05) is 6.20 Å². The molecule has 0 saturated carbocycles. The third kappa shape index (κ3) is 9.44. The van der Waals surface area contributed by atoms with Gasteiger partial charge in [-0.15, -0.1) is 0 Å². The van der Waals surface area contributed by atoms with Crippen molar-refractivity contribution in [2.24, 2.45) is 0 Å². The van der Waals surface area contributed by atoms with Gasteiger partial charge in [0.25, 0.3) is 0 Å². The van der Waals surface area contributed by atoms with Crippen LogP contribution in [-0.2, 0) is 18.4 Å². The summed E-state index contributed by atoms with van der Waals surface area (Å²) < 4.78 is 2.37. The fraction of sp³-hybridized carbons (Fsp3) is 0.583. The van der Waals surface area contributed by atoms with Gasteiger partial charge in [0.2, 0.25) is 0 Å². The molecule has 208 valence electrons. The van der Waals surface area contributed by atoms with E-state index in [9.17, 15) is 0 Å². The molecule has 2 aromatic carbocycles. The summed E-state index contributed by atoms with van der Waals surface area (Å²) >= 11 is 0. The van der Waals surface area contributed by atoms with Crippen molar-refractivity contribution < 1.29 is 0 Å². The maximum absolute atomic E-state index is 4.96. The number of unbranched alkanes of at least 4 members (excludes halogenated alkanes) is 12. The minimum absolute atomic E-state index is 0.0159. The van der Waals surface area contributed by atoms with Crippen molar-refractivity contribution in [3.63, 3.8) is 0 Å². The third-order valence-corrected chi connectivity index (χ3v) is 8.61. The minimum Gasteiger partial charge on any atom is -0.335 e. The second-order valence-corrected chi connectivity index (χ2v) is 11.6. The van der Waals surface area contributed by atoms with Crippen molar-refractivity contribution in [1.29, 1.82) is 0 Å². The van der Waals surface area contributed by atoms with Crippen LogP contribution in [0.15, 0.2) is 73.1 Å². The Kier molecular flexibility index (Phi) is 13.7. The maximum Gasteiger partial charge on any atom is 0.112 e. The van der Waals surface area contributed by atoms with Crippen LogP contribution in [0.5, 0.6) is 0 Å². The van der Waals surface area contributed by atoms with E-state index in [1.165, 1.54) is 107 Å². The van der Waals surface area contributed by atoms with Crippen LogP contribution < -0.4 is 0 Å². The number of nitrogens with zero attached hydrogens (tertiary/aromatic N) is 2. The molecule has 0 spiro atoms. The Morgan fingerprint density at radius 3 is 1.76 bits per heavy atom. The van der Waals surface area contributed by atoms with Crippen LogP contribution in [-0.4, -0.2) is 9.55 Å². The fourth-order valence-electron chi connectivity index (χ4n) is 6.26. The van der Waals surface area contributed by atoms with E-state index in [2.05, 4.69) is 92.2 Å². The SMILES string of the molecule is CCCCCCCCCCCCCCCC(c1nccn1CC)C(C)(Cc1ccccc1)c1ccccc1. The summed E-state index contributed by atoms with van der Waals surface area (Å²) in [6.45, 7) is 7.99. The number of rotatable bonds is 20. The molecule has 38 heavy (non-hydrogen) atoms. The number of imidazole rings is 1. The van der Waals surface area contributed by atoms with Gasteiger partial charge in [0, 0.05) is 30.3 Å². The quantitative estimate of drug-likeness (QED) is 0.137. The lowest BCUT2D eigenvalue weighted by Gasteiger charge is -2.39. The molecule has 0 aliphatic carbocycles. The van der Waals surface area contributed by atoms with Crippen LogP contribution in [0.2, 0.25) is 0 Å². The average molecular weight is 515 g/mol. The highest BCUT2D eigenvalue weighted by molar-refractivity contribution is 5.33. The van der Waals surface area contributed by atoms with Crippen molar-refractivity contribution in [3.05, 3.63) is 90.0 Å². The van der Waals surface area contributed by atoms with Crippen molar-refractivity contribution >= 4 is 0 Å². The molecule has 2 nitrogen and oxygen atoms in total. The predicted octanol–water partition coefficient (Wildman–Crippen LogP) is 10.7. The number of aryl methyl sites for hydroxylation is 1. The average Bonchev–Trinajstić information content (AvgIpc) is 3.42. The second kappa shape index (κ2) is 17.3. The van der Waals surface area contributed by atoms with Gasteiger partial charge in [-0.1, -0.05) is 158 Å². The van der Waals surface area contributed by atoms with Crippen LogP contribution in [0.4, 0.5) is 0 Å². The standard InChI is InChI=1S/C36H54N2/c1-4-6-7-8-9-10-11-12-13-14-15-16-23-28-34(35-37-29-30-38(35)5-2)36(3,33-26-21-18-22-27-33)31-32-24-19-17-20-25-32/h17-22,24-27,29-30,34H,4-16,23,28,31H2,1-3H3. The topological polar surface area (TPSA) is 17.8 Å². The molecule has 0 aliphatic heterocycles. The van der Waals surface area contributed by atoms with E-state index in [4.69, 9.17) is 4.98 Å². The van der Waals surface area contributed by atoms with Crippen LogP contribution >= 0.6 is 0 Å². The number of hydrogen-bond acceptors (Lipinski definition) is 1. The maximum atomic E-state index is 4.96. The van der Waals surface area contributed by atoms with Crippen molar-refractivity contribution in [2.45, 2.75) is 135 Å². The Bertz CT molecular complexity index is 977. The van der Waals surface area contributed by atoms with E-state index in [0.29, 0.717) is 5.92 Å². The summed E-state index contributed by atoms with van der Waals surface area (Å²) in [5.41, 5.74) is 2.82. The summed E-state index contributed by atoms with van der Waals surface area (Å²) in [5, 5.41) is 0. The molecule has 2 atom stereocenters. The Morgan fingerprint density at radius 1 is 0.684 bits per heavy atom. The molecule has 2 unspecified atom stereocenters. The zero-order valence-electron chi connectivity index (χ0n) is 24.7. The number of aromatic nitrogens is 2. The highest BCUT2D eigenvalue weighted by atomic mass is 15.1. The Hall–Kier alpha value is -2.35. The summed E-state index contributed by atoms with van der Waals surface area (Å²) in [7, 11) is 0. The van der Waals surface area contributed by atoms with Crippen molar-refractivity contribution in [1.82, 2.24) is 9.55 Å². The Morgan fingerprint density at radius 2 is 1.21 bits per heavy atom. The molecule has 0 fully saturated rings. The molecule has 1 heterocycles. The molecule has 0 radical (unpaired) electrons. The highest BCUT2D eigenvalue weighted by Gasteiger charge is 2.39. The third-order valence-electron chi connectivity index (χ3n) is 8.61. The second-order valence-electron chi connectivity index (χ2n) is 11.6. The normalized spacial score (nSPS) is 13.9. The molecule has 2 heteroatoms. The summed E-state index contributed by atoms with van der Waals surface area (Å²) in [6, 6.07) is 22.3. The molecule has 3 rings (SSSR count). The molecule has 0 aliphatic rings. The van der Waals surface area contributed by atoms with Gasteiger partial charge in [-0.25, -0.2) is 4.98 Å². The molecule has 1 aromatic heterocycles. The van der Waals surface area contributed by atoms with Gasteiger partial charge in [0.15, 0.2) is 0 Å². The first kappa shape index (κ1) is 30.2. The van der Waals surface area contributed by atoms with Gasteiger partial charge in [-0.2, -0.15) is 0 Å². The summed E-state index contributed by atoms with van der Waals surface area (Å²) in [6.07, 6.45) is 24.5. The molecule has 0 amide bonds. The Labute approximate surface area is 234 Å². The van der Waals surface area contributed by atoms with E-state index < -0.39 is 0 Å². The van der Waals surface area contributed by atoms with Gasteiger partial charge in [0.05, 0.1) is 0 Å². The molecule has 0 saturated heterocycles. The fourth-order valence-corrected chi connectivity index (χ4v) is 6.26. The van der Waals surface area contributed by atoms with Crippen LogP contribution in [0.3, 0.4) is 0 Å². The molecule has 0 N–H and O–H groups in total. The van der Waals surface area contributed by atoms with E-state index in [1.54, 1.807) is 0 Å². The van der Waals surface area contributed by atoms with Gasteiger partial charge < -0.3 is 4.57 Å². The largest absolute Gasteiger partial charge is 0.335 e. The lowest BCUT2D eigenvalue weighted by Crippen LogP contribution is -2.35. The smallest absolute Gasteiger partial charge is 0.112 e. The molecule has 0 bridgehead atoms. The zero-order chi connectivity index (χ0) is 26.9. The van der Waals surface area contributed by atoms with Gasteiger partial charge in [-0.3, -0.25) is 0 Å². The van der Waals surface area contributed by atoms with Crippen LogP contribution in [0.1, 0.15) is 134 Å². The van der Waals surface area contributed by atoms with Crippen LogP contribution in [0.25, 0.3) is 0 Å². The lowest BCUT2D eigenvalue weighted by atomic mass is 9.66. The van der Waals surface area contributed by atoms with Gasteiger partial charge >= 0.3 is 0 Å². The molecule has 3 aromatic rings. The highest BCUT2D eigenvalue weighted by Crippen LogP contribution is 2.44. The van der Waals surface area contributed by atoms with Gasteiger partial charge in [-0.05, 0) is 30.9 Å². The Balaban J connectivity index is 1.59. The van der Waals surface area contributed by atoms with E-state index in [0.717, 1.165) is 13.0 Å². The van der Waals surface area contributed by atoms with E-state index >= 15 is 0 Å². The van der Waals surface area contributed by atoms with Crippen LogP contribution in [0, 0.1) is 0 Å². The summed E-state index contributed by atoms with van der Waals surface area (Å²) in [4.78, 5) is 4.96. The first-order valence-electron chi connectivity index (χ1n) is 15.8. The zero-order valence-corrected chi connectivity index (χ0v) is 24.7. The van der Waals surface area contributed by atoms with E-state index in [-0.39, 0.29) is 5.41 Å². The first-order valence-corrected chi connectivity index (χ1v) is 15.8. The molecular weight excluding hydrogens is 460 g/mol. The predicted molar refractivity (Wildman–Crippen MR) is 165 cm³/mol. The first-order chi connectivity index (χ1) is 18.7. The van der Waals surface area contributed by atoms with Crippen molar-refractivity contribution in [3.8, 4) is 0 Å². The van der Waals surface area contributed by atoms with Gasteiger partial charge in [0.1, 0.15) is 5.82 Å². The minimum atomic E-state index is -0.0159. The monoisotopic (exact) mass is 514 g/mol. The number of benzene rings is 2. The molecular formula is C36H54N2. The lowest BCUT2D eigenvalue weighted by molar-refractivity contribution is 0.323. The summed E-state index contributed by atoms with van der Waals surface area (Å²) in [5.74, 6) is 1.64. The van der Waals surface area contributed by atoms with Crippen molar-refractivity contribution in [2.75, 3.05) is 0 Å².